The van der Waals surface area contributed by atoms with E-state index in [-0.39, 0.29) is 27.4 Å². The number of allylic oxidation sites excluding steroid dienone is 4. The zero-order valence-corrected chi connectivity index (χ0v) is 18.2. The van der Waals surface area contributed by atoms with E-state index in [9.17, 15) is 9.59 Å². The van der Waals surface area contributed by atoms with Crippen molar-refractivity contribution >= 4 is 23.2 Å². The van der Waals surface area contributed by atoms with Gasteiger partial charge in [0.05, 0.1) is 0 Å². The lowest BCUT2D eigenvalue weighted by Gasteiger charge is -2.56. The van der Waals surface area contributed by atoms with Gasteiger partial charge in [-0.1, -0.05) is 51.8 Å². The Morgan fingerprint density at radius 1 is 1.30 bits per heavy atom. The summed E-state index contributed by atoms with van der Waals surface area (Å²) in [6.45, 7) is 11.2. The Balaban J connectivity index is 1.82. The normalized spacial score (nSPS) is 48.9. The summed E-state index contributed by atoms with van der Waals surface area (Å²) in [4.78, 5) is 25.1. The fraction of sp³-hybridized carbons (Fsp3) is 0.750. The van der Waals surface area contributed by atoms with Gasteiger partial charge < -0.3 is 0 Å². The van der Waals surface area contributed by atoms with Crippen LogP contribution in [0.2, 0.25) is 0 Å². The quantitative estimate of drug-likeness (QED) is 0.436. The minimum absolute atomic E-state index is 0.0116. The summed E-state index contributed by atoms with van der Waals surface area (Å²) in [7, 11) is 0. The van der Waals surface area contributed by atoms with Crippen LogP contribution in [0.4, 0.5) is 0 Å². The van der Waals surface area contributed by atoms with Crippen LogP contribution in [0.25, 0.3) is 0 Å². The molecule has 148 valence electrons. The molecule has 2 nitrogen and oxygen atoms in total. The van der Waals surface area contributed by atoms with Crippen LogP contribution in [0.5, 0.6) is 0 Å². The molecule has 3 heteroatoms. The van der Waals surface area contributed by atoms with E-state index in [4.69, 9.17) is 11.6 Å². The Labute approximate surface area is 168 Å². The van der Waals surface area contributed by atoms with Gasteiger partial charge in [-0.25, -0.2) is 0 Å². The maximum absolute atomic E-state index is 13.1. The van der Waals surface area contributed by atoms with Crippen LogP contribution in [0.3, 0.4) is 0 Å². The molecule has 0 saturated heterocycles. The fourth-order valence-corrected chi connectivity index (χ4v) is 7.79. The first-order valence-electron chi connectivity index (χ1n) is 10.7. The summed E-state index contributed by atoms with van der Waals surface area (Å²) in [5.74, 6) is 1.82. The molecule has 27 heavy (non-hydrogen) atoms. The Morgan fingerprint density at radius 3 is 2.67 bits per heavy atom. The van der Waals surface area contributed by atoms with Crippen LogP contribution in [0.15, 0.2) is 23.3 Å². The average Bonchev–Trinajstić information content (AvgIpc) is 2.84. The second-order valence-electron chi connectivity index (χ2n) is 10.2. The third-order valence-electron chi connectivity index (χ3n) is 9.39. The van der Waals surface area contributed by atoms with E-state index < -0.39 is 0 Å². The molecular weight excluding hydrogens is 356 g/mol. The summed E-state index contributed by atoms with van der Waals surface area (Å²) < 4.78 is 0. The van der Waals surface area contributed by atoms with Crippen molar-refractivity contribution in [1.82, 2.24) is 0 Å². The highest BCUT2D eigenvalue weighted by atomic mass is 35.5. The van der Waals surface area contributed by atoms with Crippen molar-refractivity contribution in [3.05, 3.63) is 23.3 Å². The molecule has 4 rings (SSSR count). The van der Waals surface area contributed by atoms with Crippen LogP contribution >= 0.6 is 11.6 Å². The fourth-order valence-electron chi connectivity index (χ4n) is 7.32. The van der Waals surface area contributed by atoms with Gasteiger partial charge >= 0.3 is 0 Å². The molecule has 0 heterocycles. The maximum Gasteiger partial charge on any atom is 0.155 e. The molecule has 0 bridgehead atoms. The summed E-state index contributed by atoms with van der Waals surface area (Å²) in [6.07, 6.45) is 9.32. The minimum Gasteiger partial charge on any atom is -0.299 e. The number of Topliss-reactive ketones (excluding diaryl/α,β-unsaturated/α-hetero) is 1. The molecule has 0 amide bonds. The lowest BCUT2D eigenvalue weighted by atomic mass is 9.48. The zero-order valence-electron chi connectivity index (χ0n) is 17.4. The van der Waals surface area contributed by atoms with E-state index in [1.165, 1.54) is 11.1 Å². The highest BCUT2D eigenvalue weighted by molar-refractivity contribution is 6.21. The van der Waals surface area contributed by atoms with E-state index in [1.54, 1.807) is 0 Å². The molecule has 2 saturated carbocycles. The Morgan fingerprint density at radius 2 is 2.00 bits per heavy atom. The second kappa shape index (κ2) is 6.05. The molecule has 4 aliphatic rings. The Bertz CT molecular complexity index is 764. The molecule has 0 spiro atoms. The van der Waals surface area contributed by atoms with Gasteiger partial charge in [0.25, 0.3) is 0 Å². The number of hydrogen-bond donors (Lipinski definition) is 0. The Hall–Kier alpha value is -0.890. The van der Waals surface area contributed by atoms with Crippen LogP contribution in [-0.4, -0.2) is 16.9 Å². The highest BCUT2D eigenvalue weighted by Crippen LogP contribution is 2.70. The van der Waals surface area contributed by atoms with Crippen molar-refractivity contribution in [2.24, 2.45) is 34.0 Å². The molecule has 0 aromatic carbocycles. The lowest BCUT2D eigenvalue weighted by Crippen LogP contribution is -2.52. The first kappa shape index (κ1) is 19.4. The van der Waals surface area contributed by atoms with E-state index in [0.717, 1.165) is 25.7 Å². The standard InChI is InChI=1S/C24H33ClO2/c1-6-20(27)24(5)14(2)11-18-21-17(8-10-23(18,24)4)22(3)9-7-16(26)12-15(22)13-19(21)25/h8,12,14,18-19,21H,6-7,9-11,13H2,1-5H3/t14-,18?,19?,21?,22-,23-,24+/m0/s1. The van der Waals surface area contributed by atoms with E-state index >= 15 is 0 Å². The minimum atomic E-state index is -0.273. The second-order valence-corrected chi connectivity index (χ2v) is 10.8. The number of carbonyl (C=O) groups is 2. The molecule has 4 aliphatic carbocycles. The number of fused-ring (bicyclic) bond motifs is 5. The van der Waals surface area contributed by atoms with Crippen LogP contribution in [0, 0.1) is 34.0 Å². The summed E-state index contributed by atoms with van der Waals surface area (Å²) in [5, 5.41) is 0.0254. The van der Waals surface area contributed by atoms with Gasteiger partial charge in [0.2, 0.25) is 0 Å². The SMILES string of the molecule is CCC(=O)[C@@]1(C)[C@@H](C)CC2C3C(=CC[C@@]21C)[C@@]1(C)CCC(=O)C=C1CC3Cl. The predicted molar refractivity (Wildman–Crippen MR) is 110 cm³/mol. The predicted octanol–water partition coefficient (Wildman–Crippen LogP) is 5.89. The molecule has 0 aromatic rings. The van der Waals surface area contributed by atoms with E-state index in [1.807, 2.05) is 13.0 Å². The number of ketones is 2. The van der Waals surface area contributed by atoms with Crippen molar-refractivity contribution in [1.29, 1.82) is 0 Å². The van der Waals surface area contributed by atoms with Gasteiger partial charge in [-0.2, -0.15) is 0 Å². The first-order chi connectivity index (χ1) is 12.6. The highest BCUT2D eigenvalue weighted by Gasteiger charge is 2.66. The smallest absolute Gasteiger partial charge is 0.155 e. The van der Waals surface area contributed by atoms with Crippen LogP contribution in [0.1, 0.15) is 73.1 Å². The molecular formula is C24H33ClO2. The molecule has 0 aliphatic heterocycles. The van der Waals surface area contributed by atoms with Crippen molar-refractivity contribution < 1.29 is 9.59 Å². The van der Waals surface area contributed by atoms with Crippen molar-refractivity contribution in [2.45, 2.75) is 78.5 Å². The first-order valence-corrected chi connectivity index (χ1v) is 11.1. The van der Waals surface area contributed by atoms with Crippen LogP contribution < -0.4 is 0 Å². The van der Waals surface area contributed by atoms with Crippen molar-refractivity contribution in [3.63, 3.8) is 0 Å². The van der Waals surface area contributed by atoms with Gasteiger partial charge in [0, 0.05) is 35.0 Å². The lowest BCUT2D eigenvalue weighted by molar-refractivity contribution is -0.137. The zero-order chi connectivity index (χ0) is 19.8. The Kier molecular flexibility index (Phi) is 4.35. The molecule has 3 unspecified atom stereocenters. The molecule has 7 atom stereocenters. The van der Waals surface area contributed by atoms with Crippen LogP contribution in [-0.2, 0) is 9.59 Å². The number of hydrogen-bond acceptors (Lipinski definition) is 2. The number of carbonyl (C=O) groups excluding carboxylic acids is 2. The number of rotatable bonds is 2. The number of alkyl halides is 1. The summed E-state index contributed by atoms with van der Waals surface area (Å²) in [6, 6.07) is 0. The average molecular weight is 389 g/mol. The van der Waals surface area contributed by atoms with Gasteiger partial charge in [0.1, 0.15) is 5.78 Å². The topological polar surface area (TPSA) is 34.1 Å². The van der Waals surface area contributed by atoms with Gasteiger partial charge in [-0.15, -0.1) is 11.6 Å². The molecule has 2 fully saturated rings. The third kappa shape index (κ3) is 2.32. The molecule has 0 N–H and O–H groups in total. The summed E-state index contributed by atoms with van der Waals surface area (Å²) in [5.41, 5.74) is 2.40. The van der Waals surface area contributed by atoms with Crippen molar-refractivity contribution in [2.75, 3.05) is 0 Å². The van der Waals surface area contributed by atoms with Gasteiger partial charge in [-0.05, 0) is 49.0 Å². The monoisotopic (exact) mass is 388 g/mol. The third-order valence-corrected chi connectivity index (χ3v) is 9.82. The number of halogens is 1. The van der Waals surface area contributed by atoms with Crippen molar-refractivity contribution in [3.8, 4) is 0 Å². The van der Waals surface area contributed by atoms with E-state index in [0.29, 0.717) is 36.4 Å². The van der Waals surface area contributed by atoms with Gasteiger partial charge in [-0.3, -0.25) is 9.59 Å². The molecule has 0 radical (unpaired) electrons. The maximum atomic E-state index is 13.1. The van der Waals surface area contributed by atoms with Gasteiger partial charge in [0.15, 0.2) is 5.78 Å². The molecule has 0 aromatic heterocycles. The largest absolute Gasteiger partial charge is 0.299 e. The van der Waals surface area contributed by atoms with E-state index in [2.05, 4.69) is 33.8 Å². The summed E-state index contributed by atoms with van der Waals surface area (Å²) >= 11 is 7.02.